The van der Waals surface area contributed by atoms with Gasteiger partial charge in [0.15, 0.2) is 0 Å². The Balaban J connectivity index is 1.36. The maximum atomic E-state index is 13.5. The van der Waals surface area contributed by atoms with Crippen molar-refractivity contribution in [3.8, 4) is 11.5 Å². The molecule has 4 atom stereocenters. The van der Waals surface area contributed by atoms with Crippen molar-refractivity contribution < 1.29 is 29.0 Å². The number of β-lactam (4-membered cyclic amide) rings is 1. The molecule has 5 rings (SSSR count). The third kappa shape index (κ3) is 9.33. The molecule has 1 aromatic heterocycles. The maximum Gasteiger partial charge on any atom is 0.355 e. The molecule has 0 unspecified atom stereocenters. The number of amides is 2. The number of nitrogens with zero attached hydrogens (tertiary/aromatic N) is 1. The summed E-state index contributed by atoms with van der Waals surface area (Å²) in [6, 6.07) is 6.57. The molecule has 3 N–H and O–H groups in total. The highest BCUT2D eigenvalue weighted by molar-refractivity contribution is 7.80. The first-order valence-electron chi connectivity index (χ1n) is 18.6. The van der Waals surface area contributed by atoms with Crippen LogP contribution in [-0.4, -0.2) is 58.2 Å². The van der Waals surface area contributed by atoms with Crippen LogP contribution in [0.2, 0.25) is 0 Å². The van der Waals surface area contributed by atoms with E-state index in [-0.39, 0.29) is 71.8 Å². The van der Waals surface area contributed by atoms with Crippen molar-refractivity contribution in [2.75, 3.05) is 13.2 Å². The average Bonchev–Trinajstić information content (AvgIpc) is 3.61. The molecule has 0 saturated carbocycles. The standard InChI is InChI=1S/C41H53N3O6S2/c1-7-8-9-11-27-19-33(45)36(31-18-26(6)13-15-30(31)25(4)5)34(20-27)50-41(51)42-22-28-14-16-32-37(43-35(46)21-29-12-10-17-52-29)39(47)44(32)38(28)40(48)49-23-24(2)3/h10,12,17-20,24,30-32,37,45H,4,7-9,11,13-16,21-23H2,1-3,5-6H3,(H,42,51)(H,43,46)/t30-,31+,32+,37-/m0/s1. The fourth-order valence-electron chi connectivity index (χ4n) is 7.44. The van der Waals surface area contributed by atoms with E-state index in [1.807, 2.05) is 50.4 Å². The molecule has 280 valence electrons. The number of carbonyl (C=O) groups is 3. The van der Waals surface area contributed by atoms with E-state index in [1.165, 1.54) is 21.8 Å². The van der Waals surface area contributed by atoms with Crippen LogP contribution in [0.25, 0.3) is 0 Å². The van der Waals surface area contributed by atoms with Gasteiger partial charge in [-0.3, -0.25) is 14.5 Å². The van der Waals surface area contributed by atoms with Crippen LogP contribution in [0.3, 0.4) is 0 Å². The van der Waals surface area contributed by atoms with Crippen LogP contribution >= 0.6 is 23.6 Å². The number of allylic oxidation sites excluding steroid dienone is 3. The lowest BCUT2D eigenvalue weighted by Crippen LogP contribution is -2.72. The van der Waals surface area contributed by atoms with Crippen LogP contribution in [0.5, 0.6) is 11.5 Å². The molecule has 2 aromatic rings. The Morgan fingerprint density at radius 3 is 2.67 bits per heavy atom. The second-order valence-corrected chi connectivity index (χ2v) is 16.2. The van der Waals surface area contributed by atoms with Crippen molar-refractivity contribution in [3.05, 3.63) is 80.7 Å². The molecule has 0 spiro atoms. The minimum atomic E-state index is -0.699. The second-order valence-electron chi connectivity index (χ2n) is 14.8. The number of hydrogen-bond donors (Lipinski definition) is 3. The van der Waals surface area contributed by atoms with E-state index in [1.54, 1.807) is 0 Å². The fraction of sp³-hybridized carbons (Fsp3) is 0.512. The van der Waals surface area contributed by atoms with Crippen molar-refractivity contribution in [2.45, 2.75) is 110 Å². The van der Waals surface area contributed by atoms with E-state index < -0.39 is 12.0 Å². The molecular formula is C41H53N3O6S2. The Bertz CT molecular complexity index is 1730. The third-order valence-electron chi connectivity index (χ3n) is 10.1. The van der Waals surface area contributed by atoms with Gasteiger partial charge in [-0.05, 0) is 111 Å². The van der Waals surface area contributed by atoms with Gasteiger partial charge in [0.1, 0.15) is 23.2 Å². The summed E-state index contributed by atoms with van der Waals surface area (Å²) >= 11 is 7.23. The van der Waals surface area contributed by atoms with E-state index in [2.05, 4.69) is 37.1 Å². The molecule has 9 nitrogen and oxygen atoms in total. The van der Waals surface area contributed by atoms with Gasteiger partial charge in [0, 0.05) is 22.9 Å². The fourth-order valence-corrected chi connectivity index (χ4v) is 8.30. The largest absolute Gasteiger partial charge is 0.507 e. The topological polar surface area (TPSA) is 117 Å². The molecule has 3 heterocycles. The number of aromatic hydroxyl groups is 1. The molecular weight excluding hydrogens is 695 g/mol. The van der Waals surface area contributed by atoms with Crippen LogP contribution in [0.1, 0.15) is 101 Å². The summed E-state index contributed by atoms with van der Waals surface area (Å²) in [4.78, 5) is 42.2. The summed E-state index contributed by atoms with van der Waals surface area (Å²) in [5.74, 6) is -0.322. The number of esters is 1. The highest BCUT2D eigenvalue weighted by atomic mass is 32.1. The first kappa shape index (κ1) is 39.3. The van der Waals surface area contributed by atoms with Gasteiger partial charge in [0.2, 0.25) is 5.91 Å². The monoisotopic (exact) mass is 747 g/mol. The number of aryl methyl sites for hydroxylation is 1. The summed E-state index contributed by atoms with van der Waals surface area (Å²) < 4.78 is 12.0. The SMILES string of the molecule is C=C(C)[C@@H]1CCC(C)=C[C@H]1c1c(O)cc(CCCCC)cc1OC(=S)NCC1=C(C(=O)OCC(C)C)N2C(=O)[C@@H](NC(=O)Cc3cccs3)[C@H]2CC1. The summed E-state index contributed by atoms with van der Waals surface area (Å²) in [5.41, 5.74) is 4.84. The number of phenolic OH excluding ortho intramolecular Hbond substituents is 1. The average molecular weight is 748 g/mol. The van der Waals surface area contributed by atoms with Gasteiger partial charge in [-0.15, -0.1) is 11.3 Å². The van der Waals surface area contributed by atoms with Gasteiger partial charge in [0.05, 0.1) is 19.1 Å². The second kappa shape index (κ2) is 17.7. The minimum Gasteiger partial charge on any atom is -0.507 e. The molecule has 2 amide bonds. The number of phenols is 1. The molecule has 2 aliphatic heterocycles. The van der Waals surface area contributed by atoms with Gasteiger partial charge < -0.3 is 25.2 Å². The van der Waals surface area contributed by atoms with E-state index >= 15 is 0 Å². The molecule has 1 aliphatic carbocycles. The van der Waals surface area contributed by atoms with Crippen LogP contribution in [0.15, 0.2) is 64.7 Å². The lowest BCUT2D eigenvalue weighted by molar-refractivity contribution is -0.158. The van der Waals surface area contributed by atoms with Crippen molar-refractivity contribution in [3.63, 3.8) is 0 Å². The quantitative estimate of drug-likeness (QED) is 0.0560. The van der Waals surface area contributed by atoms with Crippen LogP contribution in [-0.2, 0) is 32.0 Å². The maximum absolute atomic E-state index is 13.5. The molecule has 1 fully saturated rings. The van der Waals surface area contributed by atoms with Crippen molar-refractivity contribution >= 4 is 46.5 Å². The lowest BCUT2D eigenvalue weighted by atomic mass is 9.73. The number of benzene rings is 1. The number of carbonyl (C=O) groups excluding carboxylic acids is 3. The number of nitrogens with one attached hydrogen (secondary N) is 2. The normalized spacial score (nSPS) is 21.2. The molecule has 52 heavy (non-hydrogen) atoms. The first-order valence-corrected chi connectivity index (χ1v) is 19.8. The molecule has 11 heteroatoms. The number of thiophene rings is 1. The van der Waals surface area contributed by atoms with Crippen LogP contribution in [0, 0.1) is 11.8 Å². The number of ether oxygens (including phenoxy) is 2. The van der Waals surface area contributed by atoms with Crippen LogP contribution in [0.4, 0.5) is 0 Å². The zero-order chi connectivity index (χ0) is 37.5. The molecule has 3 aliphatic rings. The van der Waals surface area contributed by atoms with Crippen molar-refractivity contribution in [1.82, 2.24) is 15.5 Å². The predicted molar refractivity (Wildman–Crippen MR) is 209 cm³/mol. The first-order chi connectivity index (χ1) is 24.9. The number of hydrogen-bond acceptors (Lipinski definition) is 8. The highest BCUT2D eigenvalue weighted by Gasteiger charge is 2.53. The highest BCUT2D eigenvalue weighted by Crippen LogP contribution is 2.47. The summed E-state index contributed by atoms with van der Waals surface area (Å²) in [6.07, 6.45) is 9.34. The van der Waals surface area contributed by atoms with Gasteiger partial charge in [-0.2, -0.15) is 0 Å². The van der Waals surface area contributed by atoms with E-state index in [9.17, 15) is 19.5 Å². The Labute approximate surface area is 317 Å². The summed E-state index contributed by atoms with van der Waals surface area (Å²) in [6.45, 7) is 14.8. The zero-order valence-electron chi connectivity index (χ0n) is 31.1. The Morgan fingerprint density at radius 1 is 1.19 bits per heavy atom. The van der Waals surface area contributed by atoms with E-state index in [0.717, 1.165) is 54.5 Å². The summed E-state index contributed by atoms with van der Waals surface area (Å²) in [5, 5.41) is 19.6. The predicted octanol–water partition coefficient (Wildman–Crippen LogP) is 7.64. The smallest absolute Gasteiger partial charge is 0.355 e. The molecule has 0 radical (unpaired) electrons. The van der Waals surface area contributed by atoms with Gasteiger partial charge in [0.25, 0.3) is 11.1 Å². The van der Waals surface area contributed by atoms with E-state index in [4.69, 9.17) is 21.7 Å². The van der Waals surface area contributed by atoms with Gasteiger partial charge in [-0.25, -0.2) is 4.79 Å². The zero-order valence-corrected chi connectivity index (χ0v) is 32.7. The minimum absolute atomic E-state index is 0.0907. The number of fused-ring (bicyclic) bond motifs is 1. The number of thiocarbonyl (C=S) groups is 1. The Morgan fingerprint density at radius 2 is 1.98 bits per heavy atom. The van der Waals surface area contributed by atoms with Crippen molar-refractivity contribution in [1.29, 1.82) is 0 Å². The van der Waals surface area contributed by atoms with Crippen LogP contribution < -0.4 is 15.4 Å². The molecule has 1 aromatic carbocycles. The van der Waals surface area contributed by atoms with Gasteiger partial charge in [-0.1, -0.05) is 63.5 Å². The Kier molecular flexibility index (Phi) is 13.4. The molecule has 0 bridgehead atoms. The lowest BCUT2D eigenvalue weighted by Gasteiger charge is -2.50. The van der Waals surface area contributed by atoms with Crippen molar-refractivity contribution in [2.24, 2.45) is 11.8 Å². The van der Waals surface area contributed by atoms with E-state index in [0.29, 0.717) is 29.7 Å². The third-order valence-corrected chi connectivity index (χ3v) is 11.2. The molecule has 1 saturated heterocycles. The number of unbranched alkanes of at least 4 members (excludes halogenated alkanes) is 2. The number of rotatable bonds is 15. The van der Waals surface area contributed by atoms with Gasteiger partial charge >= 0.3 is 5.97 Å². The summed E-state index contributed by atoms with van der Waals surface area (Å²) in [7, 11) is 0. The Hall–Kier alpha value is -3.96.